The van der Waals surface area contributed by atoms with Gasteiger partial charge in [0, 0.05) is 60.7 Å². The Morgan fingerprint density at radius 1 is 0.432 bits per heavy atom. The Labute approximate surface area is 260 Å². The standard InChI is InChI=1S/C14H24O6.C14H22O6.C2H6O2/c1-12(15)20-14(17)10-8-6-4-3-5-7-9-13(16)19-11-18-2;1-11(15)19-13(17)9-7-5-3-4-6-8-10-14(18)20-12(2)16;1-4-2-3/h3-11H2,1-2H3;3-10H2,1-2H3;3H,2H2,1H3. The van der Waals surface area contributed by atoms with Crippen LogP contribution in [-0.4, -0.2) is 74.7 Å². The third kappa shape index (κ3) is 43.2. The van der Waals surface area contributed by atoms with E-state index < -0.39 is 35.8 Å². The highest BCUT2D eigenvalue weighted by Crippen LogP contribution is 2.11. The molecule has 0 fully saturated rings. The van der Waals surface area contributed by atoms with Crippen LogP contribution < -0.4 is 0 Å². The average Bonchev–Trinajstić information content (AvgIpc) is 2.94. The summed E-state index contributed by atoms with van der Waals surface area (Å²) in [6.45, 7) is 3.45. The molecular formula is C30H52O14. The molecule has 0 aliphatic heterocycles. The van der Waals surface area contributed by atoms with Crippen molar-refractivity contribution in [1.82, 2.24) is 0 Å². The van der Waals surface area contributed by atoms with E-state index in [0.29, 0.717) is 19.3 Å². The molecule has 0 aliphatic carbocycles. The Morgan fingerprint density at radius 3 is 0.909 bits per heavy atom. The molecular weight excluding hydrogens is 584 g/mol. The van der Waals surface area contributed by atoms with Gasteiger partial charge in [-0.2, -0.15) is 0 Å². The Bertz CT molecular complexity index is 774. The zero-order valence-electron chi connectivity index (χ0n) is 27.0. The van der Waals surface area contributed by atoms with Gasteiger partial charge in [0.15, 0.2) is 6.79 Å². The number of aliphatic hydroxyl groups excluding tert-OH is 1. The number of esters is 7. The smallest absolute Gasteiger partial charge is 0.313 e. The van der Waals surface area contributed by atoms with Gasteiger partial charge in [0.2, 0.25) is 0 Å². The maximum absolute atomic E-state index is 11.1. The minimum Gasteiger partial charge on any atom is -0.438 e. The normalized spacial score (nSPS) is 9.77. The highest BCUT2D eigenvalue weighted by Gasteiger charge is 2.07. The molecule has 0 radical (unpaired) electrons. The van der Waals surface area contributed by atoms with E-state index in [1.165, 1.54) is 35.0 Å². The van der Waals surface area contributed by atoms with Gasteiger partial charge in [0.1, 0.15) is 6.79 Å². The van der Waals surface area contributed by atoms with E-state index in [4.69, 9.17) is 9.84 Å². The van der Waals surface area contributed by atoms with Crippen molar-refractivity contribution in [1.29, 1.82) is 0 Å². The van der Waals surface area contributed by atoms with E-state index in [-0.39, 0.29) is 38.8 Å². The van der Waals surface area contributed by atoms with Crippen LogP contribution in [0.1, 0.15) is 124 Å². The second-order valence-electron chi connectivity index (χ2n) is 9.48. The predicted octanol–water partition coefficient (Wildman–Crippen LogP) is 4.21. The monoisotopic (exact) mass is 636 g/mol. The number of hydrogen-bond donors (Lipinski definition) is 1. The van der Waals surface area contributed by atoms with E-state index in [9.17, 15) is 33.6 Å². The molecule has 0 rings (SSSR count). The van der Waals surface area contributed by atoms with Crippen molar-refractivity contribution in [2.24, 2.45) is 0 Å². The molecule has 0 aromatic carbocycles. The molecule has 1 N–H and O–H groups in total. The van der Waals surface area contributed by atoms with Crippen LogP contribution in [0.2, 0.25) is 0 Å². The molecule has 0 saturated carbocycles. The lowest BCUT2D eigenvalue weighted by Gasteiger charge is -2.03. The molecule has 0 bridgehead atoms. The first kappa shape index (κ1) is 45.2. The maximum Gasteiger partial charge on any atom is 0.313 e. The number of rotatable bonds is 21. The van der Waals surface area contributed by atoms with Gasteiger partial charge in [0.25, 0.3) is 0 Å². The number of unbranched alkanes of at least 4 members (excludes halogenated alkanes) is 10. The van der Waals surface area contributed by atoms with Gasteiger partial charge in [-0.15, -0.1) is 0 Å². The summed E-state index contributed by atoms with van der Waals surface area (Å²) >= 11 is 0. The third-order valence-electron chi connectivity index (χ3n) is 5.26. The summed E-state index contributed by atoms with van der Waals surface area (Å²) in [4.78, 5) is 75.7. The van der Waals surface area contributed by atoms with Gasteiger partial charge in [-0.05, 0) is 25.7 Å². The number of methoxy groups -OCH3 is 2. The SMILES string of the molecule is CC(=O)OC(=O)CCCCCCCCC(=O)OC(C)=O.COCO.COCOC(=O)CCCCCCCCC(=O)OC(C)=O. The summed E-state index contributed by atoms with van der Waals surface area (Å²) in [6, 6.07) is 0. The molecule has 14 nitrogen and oxygen atoms in total. The van der Waals surface area contributed by atoms with Crippen LogP contribution in [0, 0.1) is 0 Å². The van der Waals surface area contributed by atoms with Gasteiger partial charge in [-0.3, -0.25) is 33.6 Å². The van der Waals surface area contributed by atoms with Crippen molar-refractivity contribution in [3.8, 4) is 0 Å². The Balaban J connectivity index is -0.000000680. The fourth-order valence-corrected chi connectivity index (χ4v) is 3.32. The first-order valence-electron chi connectivity index (χ1n) is 14.8. The number of hydrogen-bond acceptors (Lipinski definition) is 14. The molecule has 256 valence electrons. The number of carbonyl (C=O) groups is 7. The summed E-state index contributed by atoms with van der Waals surface area (Å²) < 4.78 is 26.7. The van der Waals surface area contributed by atoms with Gasteiger partial charge >= 0.3 is 41.8 Å². The fourth-order valence-electron chi connectivity index (χ4n) is 3.32. The quantitative estimate of drug-likeness (QED) is 0.0618. The summed E-state index contributed by atoms with van der Waals surface area (Å²) in [5.41, 5.74) is 0. The Morgan fingerprint density at radius 2 is 0.682 bits per heavy atom. The van der Waals surface area contributed by atoms with Crippen molar-refractivity contribution in [2.75, 3.05) is 27.8 Å². The second kappa shape index (κ2) is 34.3. The molecule has 0 aromatic rings. The van der Waals surface area contributed by atoms with E-state index in [0.717, 1.165) is 64.2 Å². The van der Waals surface area contributed by atoms with Gasteiger partial charge in [-0.1, -0.05) is 51.4 Å². The number of aliphatic hydroxyl groups is 1. The van der Waals surface area contributed by atoms with Gasteiger partial charge < -0.3 is 33.5 Å². The van der Waals surface area contributed by atoms with Gasteiger partial charge in [0.05, 0.1) is 0 Å². The van der Waals surface area contributed by atoms with E-state index in [1.54, 1.807) is 0 Å². The molecule has 0 unspecified atom stereocenters. The van der Waals surface area contributed by atoms with E-state index in [1.807, 2.05) is 0 Å². The minimum absolute atomic E-state index is 0.00912. The van der Waals surface area contributed by atoms with Gasteiger partial charge in [-0.25, -0.2) is 0 Å². The Hall–Kier alpha value is -3.23. The molecule has 0 saturated heterocycles. The van der Waals surface area contributed by atoms with Crippen LogP contribution in [0.4, 0.5) is 0 Å². The molecule has 0 aromatic heterocycles. The van der Waals surface area contributed by atoms with Crippen molar-refractivity contribution < 1.29 is 67.1 Å². The van der Waals surface area contributed by atoms with E-state index >= 15 is 0 Å². The maximum atomic E-state index is 11.1. The lowest BCUT2D eigenvalue weighted by molar-refractivity contribution is -0.160. The minimum atomic E-state index is -0.576. The highest BCUT2D eigenvalue weighted by atomic mass is 16.7. The zero-order chi connectivity index (χ0) is 34.0. The van der Waals surface area contributed by atoms with Crippen molar-refractivity contribution >= 4 is 41.8 Å². The predicted molar refractivity (Wildman–Crippen MR) is 156 cm³/mol. The third-order valence-corrected chi connectivity index (χ3v) is 5.26. The first-order valence-corrected chi connectivity index (χ1v) is 14.8. The summed E-state index contributed by atoms with van der Waals surface area (Å²) in [7, 11) is 2.90. The highest BCUT2D eigenvalue weighted by molar-refractivity contribution is 5.84. The lowest BCUT2D eigenvalue weighted by Crippen LogP contribution is -2.08. The molecule has 0 amide bonds. The molecule has 0 aliphatic rings. The molecule has 0 heterocycles. The Kier molecular flexibility index (Phi) is 35.2. The van der Waals surface area contributed by atoms with Crippen LogP contribution in [0.15, 0.2) is 0 Å². The van der Waals surface area contributed by atoms with Crippen molar-refractivity contribution in [3.05, 3.63) is 0 Å². The number of carbonyl (C=O) groups excluding carboxylic acids is 7. The van der Waals surface area contributed by atoms with E-state index in [2.05, 4.69) is 23.7 Å². The summed E-state index contributed by atoms with van der Waals surface area (Å²) in [6.07, 6.45) is 11.7. The van der Waals surface area contributed by atoms with Crippen LogP contribution >= 0.6 is 0 Å². The molecule has 14 heteroatoms. The summed E-state index contributed by atoms with van der Waals surface area (Å²) in [5, 5.41) is 7.65. The van der Waals surface area contributed by atoms with Crippen LogP contribution in [-0.2, 0) is 62.0 Å². The topological polar surface area (TPSA) is 195 Å². The zero-order valence-corrected chi connectivity index (χ0v) is 27.0. The lowest BCUT2D eigenvalue weighted by atomic mass is 10.1. The van der Waals surface area contributed by atoms with Crippen LogP contribution in [0.3, 0.4) is 0 Å². The van der Waals surface area contributed by atoms with Crippen molar-refractivity contribution in [3.63, 3.8) is 0 Å². The molecule has 0 spiro atoms. The molecule has 0 atom stereocenters. The fraction of sp³-hybridized carbons (Fsp3) is 0.767. The number of ether oxygens (including phenoxy) is 6. The summed E-state index contributed by atoms with van der Waals surface area (Å²) in [5.74, 6) is -3.37. The van der Waals surface area contributed by atoms with Crippen molar-refractivity contribution in [2.45, 2.75) is 124 Å². The average molecular weight is 637 g/mol. The first-order chi connectivity index (χ1) is 20.9. The molecule has 44 heavy (non-hydrogen) atoms. The van der Waals surface area contributed by atoms with Crippen LogP contribution in [0.5, 0.6) is 0 Å². The van der Waals surface area contributed by atoms with Crippen LogP contribution in [0.25, 0.3) is 0 Å². The largest absolute Gasteiger partial charge is 0.438 e. The second-order valence-corrected chi connectivity index (χ2v) is 9.48.